The Morgan fingerprint density at radius 2 is 1.11 bits per heavy atom. The zero-order chi connectivity index (χ0) is 36.0. The number of nitrogens with zero attached hydrogens (tertiary/aromatic N) is 4. The average molecular weight is 721 g/mol. The highest BCUT2D eigenvalue weighted by atomic mass is 32.1. The number of furan rings is 1. The molecule has 55 heavy (non-hydrogen) atoms. The van der Waals surface area contributed by atoms with Gasteiger partial charge in [-0.2, -0.15) is 0 Å². The summed E-state index contributed by atoms with van der Waals surface area (Å²) in [6, 6.07) is 59.6. The lowest BCUT2D eigenvalue weighted by atomic mass is 10.0. The Morgan fingerprint density at radius 3 is 1.98 bits per heavy atom. The van der Waals surface area contributed by atoms with Gasteiger partial charge in [-0.05, 0) is 59.3 Å². The van der Waals surface area contributed by atoms with Gasteiger partial charge in [-0.1, -0.05) is 121 Å². The molecule has 0 N–H and O–H groups in total. The third-order valence-corrected chi connectivity index (χ3v) is 12.0. The van der Waals surface area contributed by atoms with E-state index in [9.17, 15) is 0 Å². The molecule has 0 fully saturated rings. The fourth-order valence-corrected chi connectivity index (χ4v) is 9.53. The number of benzene rings is 8. The first-order valence-corrected chi connectivity index (χ1v) is 19.2. The molecule has 5 nitrogen and oxygen atoms in total. The van der Waals surface area contributed by atoms with Gasteiger partial charge < -0.3 is 8.98 Å². The van der Waals surface area contributed by atoms with Gasteiger partial charge in [-0.25, -0.2) is 15.0 Å². The van der Waals surface area contributed by atoms with E-state index < -0.39 is 0 Å². The first-order valence-electron chi connectivity index (χ1n) is 18.4. The van der Waals surface area contributed by atoms with Crippen LogP contribution in [0.3, 0.4) is 0 Å². The van der Waals surface area contributed by atoms with Crippen molar-refractivity contribution in [1.82, 2.24) is 19.5 Å². The van der Waals surface area contributed by atoms with Crippen molar-refractivity contribution in [3.05, 3.63) is 170 Å². The molecule has 0 saturated carbocycles. The van der Waals surface area contributed by atoms with E-state index in [2.05, 4.69) is 144 Å². The van der Waals surface area contributed by atoms with E-state index in [4.69, 9.17) is 19.4 Å². The highest BCUT2D eigenvalue weighted by Crippen LogP contribution is 2.43. The molecule has 0 aliphatic carbocycles. The molecule has 0 amide bonds. The number of hydrogen-bond acceptors (Lipinski definition) is 5. The SMILES string of the molecule is c1ccc(-c2nc(-c3cc(-n4c5ccccc5c5cc6ccccc6cc54)c4c(c3)oc3ccccc34)nc(-c3cccc4c3sc3ccccc34)n2)cc1. The summed E-state index contributed by atoms with van der Waals surface area (Å²) < 4.78 is 11.5. The number of fused-ring (bicyclic) bond motifs is 10. The van der Waals surface area contributed by atoms with Crippen LogP contribution in [0.5, 0.6) is 0 Å². The molecular weight excluding hydrogens is 693 g/mol. The van der Waals surface area contributed by atoms with Crippen molar-refractivity contribution in [2.75, 3.05) is 0 Å². The van der Waals surface area contributed by atoms with E-state index in [1.165, 1.54) is 37.0 Å². The van der Waals surface area contributed by atoms with Crippen LogP contribution in [0, 0.1) is 0 Å². The van der Waals surface area contributed by atoms with Crippen LogP contribution in [0.25, 0.3) is 115 Å². The first kappa shape index (κ1) is 30.3. The van der Waals surface area contributed by atoms with Crippen molar-refractivity contribution in [3.63, 3.8) is 0 Å². The van der Waals surface area contributed by atoms with Crippen LogP contribution in [0.1, 0.15) is 0 Å². The summed E-state index contributed by atoms with van der Waals surface area (Å²) >= 11 is 1.78. The molecule has 0 aliphatic heterocycles. The van der Waals surface area contributed by atoms with E-state index in [0.29, 0.717) is 17.5 Å². The standard InChI is InChI=1S/C49H28N4OS/c1-2-13-29(14-3-1)47-50-48(52-49(51-47)37-21-12-20-35-34-18-8-11-24-44(34)55-46(35)37)32-27-41(45-36-19-7-10-23-42(36)54-43(45)28-32)53-39-22-9-6-17-33(39)38-25-30-15-4-5-16-31(30)26-40(38)53/h1-28H. The minimum Gasteiger partial charge on any atom is -0.456 e. The number of rotatable bonds is 4. The maximum atomic E-state index is 6.69. The van der Waals surface area contributed by atoms with Crippen LogP contribution in [-0.2, 0) is 0 Å². The molecule has 4 heterocycles. The molecule has 0 unspecified atom stereocenters. The molecule has 6 heteroatoms. The van der Waals surface area contributed by atoms with E-state index in [-0.39, 0.29) is 0 Å². The van der Waals surface area contributed by atoms with Crippen molar-refractivity contribution in [2.24, 2.45) is 0 Å². The van der Waals surface area contributed by atoms with Gasteiger partial charge in [0, 0.05) is 53.0 Å². The summed E-state index contributed by atoms with van der Waals surface area (Å²) in [5.74, 6) is 1.83. The molecule has 12 rings (SSSR count). The number of para-hydroxylation sites is 2. The third kappa shape index (κ3) is 4.62. The zero-order valence-electron chi connectivity index (χ0n) is 29.3. The van der Waals surface area contributed by atoms with E-state index >= 15 is 0 Å². The Kier molecular flexibility index (Phi) is 6.44. The Balaban J connectivity index is 1.18. The largest absolute Gasteiger partial charge is 0.456 e. The molecule has 0 saturated heterocycles. The second-order valence-electron chi connectivity index (χ2n) is 14.0. The second-order valence-corrected chi connectivity index (χ2v) is 15.0. The Labute approximate surface area is 318 Å². The average Bonchev–Trinajstić information content (AvgIpc) is 3.92. The summed E-state index contributed by atoms with van der Waals surface area (Å²) in [5.41, 5.74) is 7.62. The lowest BCUT2D eigenvalue weighted by Gasteiger charge is -2.13. The van der Waals surface area contributed by atoms with Crippen molar-refractivity contribution < 1.29 is 4.42 Å². The van der Waals surface area contributed by atoms with E-state index in [0.717, 1.165) is 60.0 Å². The maximum Gasteiger partial charge on any atom is 0.165 e. The summed E-state index contributed by atoms with van der Waals surface area (Å²) in [5, 5.41) is 9.34. The lowest BCUT2D eigenvalue weighted by Crippen LogP contribution is -2.01. The molecule has 256 valence electrons. The molecule has 8 aromatic carbocycles. The van der Waals surface area contributed by atoms with Crippen LogP contribution in [0.4, 0.5) is 0 Å². The van der Waals surface area contributed by atoms with Gasteiger partial charge in [0.15, 0.2) is 17.5 Å². The van der Waals surface area contributed by atoms with Crippen molar-refractivity contribution >= 4 is 86.0 Å². The molecule has 4 aromatic heterocycles. The van der Waals surface area contributed by atoms with E-state index in [1.54, 1.807) is 11.3 Å². The van der Waals surface area contributed by atoms with Crippen molar-refractivity contribution in [2.45, 2.75) is 0 Å². The highest BCUT2D eigenvalue weighted by molar-refractivity contribution is 7.26. The molecule has 12 aromatic rings. The fraction of sp³-hybridized carbons (Fsp3) is 0. The van der Waals surface area contributed by atoms with Crippen LogP contribution in [0.15, 0.2) is 174 Å². The third-order valence-electron chi connectivity index (χ3n) is 10.8. The minimum atomic E-state index is 0.580. The molecule has 0 radical (unpaired) electrons. The van der Waals surface area contributed by atoms with E-state index in [1.807, 2.05) is 30.3 Å². The van der Waals surface area contributed by atoms with Gasteiger partial charge in [-0.3, -0.25) is 0 Å². The molecule has 0 spiro atoms. The minimum absolute atomic E-state index is 0.580. The van der Waals surface area contributed by atoms with Crippen molar-refractivity contribution in [3.8, 4) is 39.9 Å². The second kappa shape index (κ2) is 11.7. The summed E-state index contributed by atoms with van der Waals surface area (Å²) in [6.07, 6.45) is 0. The first-order chi connectivity index (χ1) is 27.2. The van der Waals surface area contributed by atoms with Gasteiger partial charge in [0.2, 0.25) is 0 Å². The van der Waals surface area contributed by atoms with Crippen LogP contribution in [0.2, 0.25) is 0 Å². The van der Waals surface area contributed by atoms with Crippen molar-refractivity contribution in [1.29, 1.82) is 0 Å². The topological polar surface area (TPSA) is 56.7 Å². The van der Waals surface area contributed by atoms with Crippen LogP contribution < -0.4 is 0 Å². The normalized spacial score (nSPS) is 12.0. The van der Waals surface area contributed by atoms with Gasteiger partial charge in [0.1, 0.15) is 11.2 Å². The number of aromatic nitrogens is 4. The molecule has 0 aliphatic rings. The van der Waals surface area contributed by atoms with Crippen LogP contribution in [-0.4, -0.2) is 19.5 Å². The number of thiophene rings is 1. The van der Waals surface area contributed by atoms with Gasteiger partial charge >= 0.3 is 0 Å². The fourth-order valence-electron chi connectivity index (χ4n) is 8.32. The quantitative estimate of drug-likeness (QED) is 0.182. The smallest absolute Gasteiger partial charge is 0.165 e. The summed E-state index contributed by atoms with van der Waals surface area (Å²) in [7, 11) is 0. The van der Waals surface area contributed by atoms with Gasteiger partial charge in [0.05, 0.1) is 22.1 Å². The predicted molar refractivity (Wildman–Crippen MR) is 228 cm³/mol. The molecule has 0 atom stereocenters. The summed E-state index contributed by atoms with van der Waals surface area (Å²) in [4.78, 5) is 15.7. The van der Waals surface area contributed by atoms with Gasteiger partial charge in [0.25, 0.3) is 0 Å². The Hall–Kier alpha value is -7.15. The highest BCUT2D eigenvalue weighted by Gasteiger charge is 2.22. The monoisotopic (exact) mass is 720 g/mol. The number of hydrogen-bond donors (Lipinski definition) is 0. The summed E-state index contributed by atoms with van der Waals surface area (Å²) in [6.45, 7) is 0. The Morgan fingerprint density at radius 1 is 0.436 bits per heavy atom. The molecule has 0 bridgehead atoms. The zero-order valence-corrected chi connectivity index (χ0v) is 30.1. The maximum absolute atomic E-state index is 6.69. The predicted octanol–water partition coefficient (Wildman–Crippen LogP) is 13.4. The van der Waals surface area contributed by atoms with Gasteiger partial charge in [-0.15, -0.1) is 11.3 Å². The Bertz CT molecular complexity index is 3500. The lowest BCUT2D eigenvalue weighted by molar-refractivity contribution is 0.669. The molecular formula is C49H28N4OS. The van der Waals surface area contributed by atoms with Crippen LogP contribution >= 0.6 is 11.3 Å².